The Balaban J connectivity index is 1.00. The van der Waals surface area contributed by atoms with Gasteiger partial charge in [-0.1, -0.05) is 12.1 Å². The van der Waals surface area contributed by atoms with E-state index in [0.29, 0.717) is 0 Å². The molecule has 0 unspecified atom stereocenters. The Morgan fingerprint density at radius 2 is 0.629 bits per heavy atom. The molecule has 62 heavy (non-hydrogen) atoms. The molecule has 0 spiro atoms. The van der Waals surface area contributed by atoms with Crippen molar-refractivity contribution in [3.63, 3.8) is 0 Å². The van der Waals surface area contributed by atoms with E-state index in [1.165, 1.54) is 57.6 Å². The molecular formula is C56H42F2N2O2. The Bertz CT molecular complexity index is 3330. The molecule has 0 aliphatic heterocycles. The Kier molecular flexibility index (Phi) is 8.52. The Morgan fingerprint density at radius 1 is 0.306 bits per heavy atom. The van der Waals surface area contributed by atoms with Crippen molar-refractivity contribution in [3.05, 3.63) is 191 Å². The van der Waals surface area contributed by atoms with Crippen molar-refractivity contribution in [2.24, 2.45) is 0 Å². The molecule has 2 heterocycles. The molecule has 0 aliphatic carbocycles. The van der Waals surface area contributed by atoms with Gasteiger partial charge in [0.25, 0.3) is 0 Å². The van der Waals surface area contributed by atoms with Gasteiger partial charge in [-0.15, -0.1) is 0 Å². The number of benzene rings is 9. The quantitative estimate of drug-likeness (QED) is 0.167. The molecule has 11 rings (SSSR count). The van der Waals surface area contributed by atoms with Crippen LogP contribution in [0, 0.1) is 53.2 Å². The molecule has 0 bridgehead atoms. The highest BCUT2D eigenvalue weighted by molar-refractivity contribution is 6.18. The first-order valence-electron chi connectivity index (χ1n) is 20.9. The van der Waals surface area contributed by atoms with Crippen molar-refractivity contribution in [3.8, 4) is 0 Å². The van der Waals surface area contributed by atoms with Crippen LogP contribution >= 0.6 is 0 Å². The first kappa shape index (κ1) is 37.6. The van der Waals surface area contributed by atoms with E-state index in [4.69, 9.17) is 8.83 Å². The van der Waals surface area contributed by atoms with Crippen LogP contribution < -0.4 is 9.80 Å². The van der Waals surface area contributed by atoms with Gasteiger partial charge in [-0.2, -0.15) is 0 Å². The zero-order valence-electron chi connectivity index (χ0n) is 35.3. The van der Waals surface area contributed by atoms with Crippen molar-refractivity contribution in [1.29, 1.82) is 0 Å². The Labute approximate surface area is 357 Å². The third kappa shape index (κ3) is 6.16. The lowest BCUT2D eigenvalue weighted by atomic mass is 10.0. The van der Waals surface area contributed by atoms with Gasteiger partial charge in [0.2, 0.25) is 0 Å². The highest BCUT2D eigenvalue weighted by Crippen LogP contribution is 2.43. The summed E-state index contributed by atoms with van der Waals surface area (Å²) in [6, 6.07) is 47.8. The molecule has 4 nitrogen and oxygen atoms in total. The molecule has 0 amide bonds. The van der Waals surface area contributed by atoms with E-state index in [1.807, 2.05) is 24.3 Å². The topological polar surface area (TPSA) is 32.8 Å². The third-order valence-electron chi connectivity index (χ3n) is 13.0. The first-order chi connectivity index (χ1) is 29.9. The van der Waals surface area contributed by atoms with E-state index < -0.39 is 0 Å². The molecule has 9 aromatic carbocycles. The summed E-state index contributed by atoms with van der Waals surface area (Å²) in [4.78, 5) is 4.36. The molecule has 2 aromatic heterocycles. The summed E-state index contributed by atoms with van der Waals surface area (Å²) in [6.45, 7) is 12.8. The molecular weight excluding hydrogens is 771 g/mol. The highest BCUT2D eigenvalue weighted by Gasteiger charge is 2.20. The average molecular weight is 813 g/mol. The van der Waals surface area contributed by atoms with Gasteiger partial charge in [0.05, 0.1) is 0 Å². The van der Waals surface area contributed by atoms with E-state index in [-0.39, 0.29) is 11.6 Å². The van der Waals surface area contributed by atoms with Gasteiger partial charge in [0.1, 0.15) is 34.0 Å². The fourth-order valence-electron chi connectivity index (χ4n) is 9.14. The van der Waals surface area contributed by atoms with Gasteiger partial charge in [-0.05, 0) is 230 Å². The lowest BCUT2D eigenvalue weighted by Crippen LogP contribution is -2.11. The molecule has 302 valence electrons. The van der Waals surface area contributed by atoms with Crippen LogP contribution in [0.4, 0.5) is 42.9 Å². The number of nitrogens with zero attached hydrogens (tertiary/aromatic N) is 2. The molecule has 0 saturated heterocycles. The van der Waals surface area contributed by atoms with Crippen molar-refractivity contribution >= 4 is 99.5 Å². The van der Waals surface area contributed by atoms with E-state index in [1.54, 1.807) is 0 Å². The molecule has 0 atom stereocenters. The van der Waals surface area contributed by atoms with Gasteiger partial charge in [0.15, 0.2) is 0 Å². The number of fused-ring (bicyclic) bond motifs is 8. The van der Waals surface area contributed by atoms with Gasteiger partial charge >= 0.3 is 0 Å². The lowest BCUT2D eigenvalue weighted by molar-refractivity contribution is 0.627. The summed E-state index contributed by atoms with van der Waals surface area (Å²) in [5.74, 6) is -0.540. The Morgan fingerprint density at radius 3 is 1.00 bits per heavy atom. The number of halogens is 2. The molecule has 0 fully saturated rings. The minimum absolute atomic E-state index is 0.270. The number of hydrogen-bond acceptors (Lipinski definition) is 4. The van der Waals surface area contributed by atoms with E-state index in [2.05, 4.69) is 148 Å². The predicted octanol–water partition coefficient (Wildman–Crippen LogP) is 16.9. The molecule has 0 radical (unpaired) electrons. The number of rotatable bonds is 6. The molecule has 0 aliphatic rings. The number of aryl methyl sites for hydroxylation is 4. The molecule has 6 heteroatoms. The lowest BCUT2D eigenvalue weighted by Gasteiger charge is -2.27. The Hall–Kier alpha value is -7.44. The number of furan rings is 2. The fourth-order valence-corrected chi connectivity index (χ4v) is 9.14. The van der Waals surface area contributed by atoms with Crippen LogP contribution in [-0.2, 0) is 0 Å². The number of hydrogen-bond donors (Lipinski definition) is 0. The van der Waals surface area contributed by atoms with Crippen LogP contribution in [0.5, 0.6) is 0 Å². The van der Waals surface area contributed by atoms with Gasteiger partial charge < -0.3 is 18.6 Å². The second kappa shape index (κ2) is 14.1. The number of anilines is 6. The van der Waals surface area contributed by atoms with Crippen LogP contribution in [0.2, 0.25) is 0 Å². The molecule has 11 aromatic rings. The SMILES string of the molecule is Cc1cc(N(c2ccc(F)cc2)c2ccc3cc4c(cc3c2)oc2cc3c(cc24)oc2cc4cc(N(c5ccc(F)cc5)c5cc(C)c(C)c(C)c5)ccc4cc23)cc(C)c1C. The summed E-state index contributed by atoms with van der Waals surface area (Å²) >= 11 is 0. The highest BCUT2D eigenvalue weighted by atomic mass is 19.1. The summed E-state index contributed by atoms with van der Waals surface area (Å²) in [6.07, 6.45) is 0. The van der Waals surface area contributed by atoms with Crippen molar-refractivity contribution < 1.29 is 17.6 Å². The van der Waals surface area contributed by atoms with E-state index in [0.717, 1.165) is 99.5 Å². The van der Waals surface area contributed by atoms with Crippen LogP contribution in [0.25, 0.3) is 65.4 Å². The van der Waals surface area contributed by atoms with E-state index >= 15 is 0 Å². The van der Waals surface area contributed by atoms with Crippen molar-refractivity contribution in [1.82, 2.24) is 0 Å². The smallest absolute Gasteiger partial charge is 0.136 e. The minimum Gasteiger partial charge on any atom is -0.456 e. The van der Waals surface area contributed by atoms with Gasteiger partial charge in [0, 0.05) is 55.7 Å². The minimum atomic E-state index is -0.270. The fraction of sp³-hybridized carbons (Fsp3) is 0.107. The average Bonchev–Trinajstić information content (AvgIpc) is 3.79. The molecule has 0 N–H and O–H groups in total. The molecule has 0 saturated carbocycles. The summed E-state index contributed by atoms with van der Waals surface area (Å²) in [5, 5.41) is 8.23. The maximum absolute atomic E-state index is 14.1. The zero-order valence-corrected chi connectivity index (χ0v) is 35.3. The maximum atomic E-state index is 14.1. The maximum Gasteiger partial charge on any atom is 0.136 e. The van der Waals surface area contributed by atoms with Gasteiger partial charge in [-0.25, -0.2) is 8.78 Å². The summed E-state index contributed by atoms with van der Waals surface area (Å²) < 4.78 is 41.5. The van der Waals surface area contributed by atoms with Crippen LogP contribution in [-0.4, -0.2) is 0 Å². The predicted molar refractivity (Wildman–Crippen MR) is 254 cm³/mol. The van der Waals surface area contributed by atoms with Crippen LogP contribution in [0.3, 0.4) is 0 Å². The summed E-state index contributed by atoms with van der Waals surface area (Å²) in [7, 11) is 0. The van der Waals surface area contributed by atoms with Crippen molar-refractivity contribution in [2.45, 2.75) is 41.5 Å². The summed E-state index contributed by atoms with van der Waals surface area (Å²) in [5.41, 5.74) is 16.2. The largest absolute Gasteiger partial charge is 0.456 e. The second-order valence-corrected chi connectivity index (χ2v) is 16.8. The normalized spacial score (nSPS) is 11.9. The third-order valence-corrected chi connectivity index (χ3v) is 13.0. The monoisotopic (exact) mass is 812 g/mol. The van der Waals surface area contributed by atoms with E-state index in [9.17, 15) is 8.78 Å². The standard InChI is InChI=1S/C56H42F2N2O2/c1-31-19-47(20-32(2)35(31)5)59(43-15-9-41(57)10-16-43)45-13-7-37-25-49-51-29-56-52(30-55(51)61-53(49)27-39(37)23-45)50-26-38-8-14-46(24-40(38)28-54(50)62-56)60(44-17-11-42(58)12-18-44)48-21-33(3)36(6)34(4)22-48/h7-30H,1-6H3. The van der Waals surface area contributed by atoms with Crippen LogP contribution in [0.1, 0.15) is 33.4 Å². The van der Waals surface area contributed by atoms with Crippen LogP contribution in [0.15, 0.2) is 154 Å². The second-order valence-electron chi connectivity index (χ2n) is 16.8. The van der Waals surface area contributed by atoms with Gasteiger partial charge in [-0.3, -0.25) is 0 Å². The van der Waals surface area contributed by atoms with Crippen molar-refractivity contribution in [2.75, 3.05) is 9.80 Å². The first-order valence-corrected chi connectivity index (χ1v) is 20.9. The zero-order chi connectivity index (χ0) is 42.6.